The first kappa shape index (κ1) is 51.6. The molecule has 4 aromatic carbocycles. The van der Waals surface area contributed by atoms with E-state index in [1.165, 1.54) is 93.0 Å². The summed E-state index contributed by atoms with van der Waals surface area (Å²) in [6, 6.07) is 35.6. The summed E-state index contributed by atoms with van der Waals surface area (Å²) in [5.41, 5.74) is 18.2. The summed E-state index contributed by atoms with van der Waals surface area (Å²) >= 11 is 0. The molecule has 7 rings (SSSR count). The fraction of sp³-hybridized carbons (Fsp3) is 0.413. The van der Waals surface area contributed by atoms with Gasteiger partial charge in [0.15, 0.2) is 0 Å². The van der Waals surface area contributed by atoms with E-state index in [0.717, 1.165) is 42.7 Å². The molecule has 0 radical (unpaired) electrons. The van der Waals surface area contributed by atoms with Crippen molar-refractivity contribution < 1.29 is 0 Å². The van der Waals surface area contributed by atoms with Crippen LogP contribution in [0.15, 0.2) is 172 Å². The van der Waals surface area contributed by atoms with Crippen LogP contribution in [0.2, 0.25) is 0 Å². The van der Waals surface area contributed by atoms with Crippen molar-refractivity contribution in [2.45, 2.75) is 155 Å². The molecule has 1 heteroatoms. The Hall–Kier alpha value is -5.01. The SMILES string of the molecule is CC.CC.CCC.CCCC(C)C1=CCC(/C(C)=C/C(=C(C)/C(=C2\N=C(c3ccc(C)cc3)C=C2C2=CC=C(C(C)(C)CC)CC2)c2cccc3ccccc23)c2ccccc2)CC1. The van der Waals surface area contributed by atoms with Gasteiger partial charge in [-0.25, -0.2) is 4.99 Å². The molecule has 1 aliphatic heterocycles. The molecule has 0 spiro atoms. The standard InChI is InChI=1S/C56H63N.C3H8.2C2H6/c1-9-17-39(4)42-28-30-43(31-29-42)40(5)36-51(45-18-12-11-13-19-45)41(6)54(50-23-16-21-44-20-14-15-22-49(44)50)55-52(37-53(57-55)47-26-24-38(3)25-27-47)46-32-34-48(35-33-46)56(7,8)10-2;1-3-2;2*1-2/h11-16,18-28,32,34,36-37,39,43H,9-10,17,29-31,33,35H2,1-8H3;3H2,1-2H3;2*1-2H3/b40-36+,51-41-,55-54+;;;. The molecule has 0 aromatic heterocycles. The third kappa shape index (κ3) is 12.8. The number of benzene rings is 4. The zero-order valence-electron chi connectivity index (χ0n) is 42.6. The lowest BCUT2D eigenvalue weighted by Gasteiger charge is -2.29. The lowest BCUT2D eigenvalue weighted by molar-refractivity contribution is 0.412. The highest BCUT2D eigenvalue weighted by molar-refractivity contribution is 6.15. The average Bonchev–Trinajstić information content (AvgIpc) is 3.77. The highest BCUT2D eigenvalue weighted by Gasteiger charge is 2.29. The van der Waals surface area contributed by atoms with E-state index in [-0.39, 0.29) is 5.41 Å². The first-order chi connectivity index (χ1) is 31.0. The van der Waals surface area contributed by atoms with Gasteiger partial charge in [-0.15, -0.1) is 0 Å². The second kappa shape index (κ2) is 25.5. The maximum Gasteiger partial charge on any atom is 0.0794 e. The van der Waals surface area contributed by atoms with Crippen LogP contribution >= 0.6 is 0 Å². The monoisotopic (exact) mass is 854 g/mol. The molecule has 64 heavy (non-hydrogen) atoms. The Morgan fingerprint density at radius 2 is 1.44 bits per heavy atom. The number of aryl methyl sites for hydroxylation is 1. The normalized spacial score (nSPS) is 17.9. The first-order valence-corrected chi connectivity index (χ1v) is 25.1. The van der Waals surface area contributed by atoms with Crippen LogP contribution in [-0.4, -0.2) is 5.71 Å². The molecule has 0 saturated carbocycles. The number of hydrogen-bond donors (Lipinski definition) is 0. The summed E-state index contributed by atoms with van der Waals surface area (Å²) in [6.07, 6.45) is 22.8. The van der Waals surface area contributed by atoms with E-state index in [2.05, 4.69) is 197 Å². The fourth-order valence-electron chi connectivity index (χ4n) is 9.17. The number of allylic oxidation sites excluding steroid dienone is 12. The Kier molecular flexibility index (Phi) is 20.5. The number of nitrogens with zero attached hydrogens (tertiary/aromatic N) is 1. The molecule has 1 nitrogen and oxygen atoms in total. The van der Waals surface area contributed by atoms with Crippen LogP contribution in [-0.2, 0) is 0 Å². The van der Waals surface area contributed by atoms with Gasteiger partial charge in [0.25, 0.3) is 0 Å². The van der Waals surface area contributed by atoms with Crippen LogP contribution in [0.4, 0.5) is 0 Å². The maximum atomic E-state index is 5.70. The van der Waals surface area contributed by atoms with Crippen LogP contribution in [0.25, 0.3) is 21.9 Å². The van der Waals surface area contributed by atoms with Gasteiger partial charge in [-0.3, -0.25) is 0 Å². The predicted molar refractivity (Wildman–Crippen MR) is 287 cm³/mol. The Balaban J connectivity index is 0.00000121. The van der Waals surface area contributed by atoms with Crippen LogP contribution in [0.3, 0.4) is 0 Å². The predicted octanol–water partition coefficient (Wildman–Crippen LogP) is 19.4. The summed E-state index contributed by atoms with van der Waals surface area (Å²) in [5, 5.41) is 2.50. The second-order valence-electron chi connectivity index (χ2n) is 18.2. The van der Waals surface area contributed by atoms with Gasteiger partial charge in [-0.1, -0.05) is 233 Å². The zero-order valence-corrected chi connectivity index (χ0v) is 42.6. The molecule has 0 bridgehead atoms. The van der Waals surface area contributed by atoms with Gasteiger partial charge in [0.2, 0.25) is 0 Å². The largest absolute Gasteiger partial charge is 0.247 e. The van der Waals surface area contributed by atoms with Gasteiger partial charge in [-0.05, 0) is 128 Å². The summed E-state index contributed by atoms with van der Waals surface area (Å²) in [4.78, 5) is 5.70. The van der Waals surface area contributed by atoms with Crippen LogP contribution in [0.1, 0.15) is 170 Å². The number of fused-ring (bicyclic) bond motifs is 1. The number of hydrogen-bond acceptors (Lipinski definition) is 1. The van der Waals surface area contributed by atoms with E-state index < -0.39 is 0 Å². The lowest BCUT2D eigenvalue weighted by Crippen LogP contribution is -2.15. The topological polar surface area (TPSA) is 12.4 Å². The molecule has 0 N–H and O–H groups in total. The van der Waals surface area contributed by atoms with Crippen molar-refractivity contribution in [3.8, 4) is 0 Å². The van der Waals surface area contributed by atoms with Crippen molar-refractivity contribution in [2.75, 3.05) is 0 Å². The smallest absolute Gasteiger partial charge is 0.0794 e. The molecule has 0 fully saturated rings. The van der Waals surface area contributed by atoms with Crippen molar-refractivity contribution in [3.63, 3.8) is 0 Å². The van der Waals surface area contributed by atoms with Crippen LogP contribution in [0.5, 0.6) is 0 Å². The molecule has 2 atom stereocenters. The minimum atomic E-state index is 0.194. The van der Waals surface area contributed by atoms with Crippen LogP contribution in [0, 0.1) is 24.2 Å². The molecular formula is C63H83N. The summed E-state index contributed by atoms with van der Waals surface area (Å²) < 4.78 is 0. The van der Waals surface area contributed by atoms with Gasteiger partial charge >= 0.3 is 0 Å². The van der Waals surface area contributed by atoms with Crippen molar-refractivity contribution in [2.24, 2.45) is 22.2 Å². The number of rotatable bonds is 12. The fourth-order valence-corrected chi connectivity index (χ4v) is 9.17. The summed E-state index contributed by atoms with van der Waals surface area (Å²) in [7, 11) is 0. The first-order valence-electron chi connectivity index (χ1n) is 25.1. The van der Waals surface area contributed by atoms with Gasteiger partial charge in [-0.2, -0.15) is 0 Å². The third-order valence-electron chi connectivity index (χ3n) is 13.3. The molecule has 2 unspecified atom stereocenters. The van der Waals surface area contributed by atoms with E-state index in [1.807, 2.05) is 27.7 Å². The van der Waals surface area contributed by atoms with Gasteiger partial charge in [0, 0.05) is 16.7 Å². The van der Waals surface area contributed by atoms with E-state index >= 15 is 0 Å². The Bertz CT molecular complexity index is 2370. The molecule has 2 aliphatic carbocycles. The quantitative estimate of drug-likeness (QED) is 0.0994. The molecule has 0 amide bonds. The minimum absolute atomic E-state index is 0.194. The number of aliphatic imine (C=N–C) groups is 1. The van der Waals surface area contributed by atoms with Gasteiger partial charge in [0.1, 0.15) is 0 Å². The van der Waals surface area contributed by atoms with Crippen molar-refractivity contribution in [3.05, 3.63) is 189 Å². The minimum Gasteiger partial charge on any atom is -0.247 e. The highest BCUT2D eigenvalue weighted by Crippen LogP contribution is 2.46. The summed E-state index contributed by atoms with van der Waals surface area (Å²) in [6.45, 7) is 31.0. The van der Waals surface area contributed by atoms with Crippen LogP contribution < -0.4 is 0 Å². The highest BCUT2D eigenvalue weighted by atomic mass is 14.8. The van der Waals surface area contributed by atoms with E-state index in [1.54, 1.807) is 11.1 Å². The Morgan fingerprint density at radius 3 is 2.05 bits per heavy atom. The van der Waals surface area contributed by atoms with E-state index in [4.69, 9.17) is 4.99 Å². The van der Waals surface area contributed by atoms with E-state index in [0.29, 0.717) is 11.8 Å². The molecule has 3 aliphatic rings. The molecular weight excluding hydrogens is 771 g/mol. The summed E-state index contributed by atoms with van der Waals surface area (Å²) in [5.74, 6) is 1.23. The molecule has 4 aromatic rings. The van der Waals surface area contributed by atoms with Crippen molar-refractivity contribution >= 4 is 27.6 Å². The lowest BCUT2D eigenvalue weighted by atomic mass is 9.76. The molecule has 0 saturated heterocycles. The van der Waals surface area contributed by atoms with Gasteiger partial charge < -0.3 is 0 Å². The van der Waals surface area contributed by atoms with Crippen molar-refractivity contribution in [1.29, 1.82) is 0 Å². The Morgan fingerprint density at radius 1 is 0.781 bits per heavy atom. The maximum absolute atomic E-state index is 5.70. The Labute approximate surface area is 391 Å². The van der Waals surface area contributed by atoms with Gasteiger partial charge in [0.05, 0.1) is 11.4 Å². The molecule has 1 heterocycles. The third-order valence-corrected chi connectivity index (χ3v) is 13.3. The second-order valence-corrected chi connectivity index (χ2v) is 18.2. The average molecular weight is 854 g/mol. The van der Waals surface area contributed by atoms with E-state index in [9.17, 15) is 0 Å². The zero-order chi connectivity index (χ0) is 46.8. The molecule has 340 valence electrons. The van der Waals surface area contributed by atoms with Crippen molar-refractivity contribution in [1.82, 2.24) is 0 Å².